The molecule has 0 aliphatic carbocycles. The molecule has 1 heterocycles. The third kappa shape index (κ3) is 4.22. The summed E-state index contributed by atoms with van der Waals surface area (Å²) in [5.41, 5.74) is 2.79. The highest BCUT2D eigenvalue weighted by Crippen LogP contribution is 2.12. The second-order valence-corrected chi connectivity index (χ2v) is 4.11. The molecule has 0 saturated carbocycles. The smallest absolute Gasteiger partial charge is 0.0591 e. The van der Waals surface area contributed by atoms with Crippen molar-refractivity contribution in [1.29, 1.82) is 0 Å². The first-order valence-electron chi connectivity index (χ1n) is 5.14. The molecule has 1 aromatic heterocycles. The Morgan fingerprint density at radius 1 is 1.36 bits per heavy atom. The zero-order valence-corrected chi connectivity index (χ0v) is 9.82. The van der Waals surface area contributed by atoms with Crippen LogP contribution in [0.5, 0.6) is 0 Å². The highest BCUT2D eigenvalue weighted by molar-refractivity contribution is 7.08. The van der Waals surface area contributed by atoms with Crippen LogP contribution in [0.25, 0.3) is 0 Å². The predicted octanol–water partition coefficient (Wildman–Crippen LogP) is 2.57. The molecule has 1 rings (SSSR count). The normalized spacial score (nSPS) is 10.7. The van der Waals surface area contributed by atoms with Crippen LogP contribution >= 0.6 is 11.3 Å². The van der Waals surface area contributed by atoms with Gasteiger partial charge in [-0.2, -0.15) is 11.3 Å². The summed E-state index contributed by atoms with van der Waals surface area (Å²) in [4.78, 5) is 0. The maximum Gasteiger partial charge on any atom is 0.0591 e. The van der Waals surface area contributed by atoms with Crippen LogP contribution in [0.4, 0.5) is 0 Å². The van der Waals surface area contributed by atoms with E-state index >= 15 is 0 Å². The molecule has 0 amide bonds. The molecule has 2 nitrogen and oxygen atoms in total. The van der Waals surface area contributed by atoms with Crippen molar-refractivity contribution in [3.63, 3.8) is 0 Å². The summed E-state index contributed by atoms with van der Waals surface area (Å²) in [6.45, 7) is 7.87. The Balaban J connectivity index is 2.02. The van der Waals surface area contributed by atoms with E-state index in [0.29, 0.717) is 0 Å². The van der Waals surface area contributed by atoms with Gasteiger partial charge in [0.2, 0.25) is 0 Å². The Hall–Kier alpha value is -0.380. The molecule has 0 aliphatic heterocycles. The fraction of sp³-hybridized carbons (Fsp3) is 0.636. The predicted molar refractivity (Wildman–Crippen MR) is 61.9 cm³/mol. The average Bonchev–Trinajstić information content (AvgIpc) is 2.58. The fourth-order valence-corrected chi connectivity index (χ4v) is 2.04. The lowest BCUT2D eigenvalue weighted by Gasteiger charge is -2.04. The quantitative estimate of drug-likeness (QED) is 0.703. The van der Waals surface area contributed by atoms with Crippen LogP contribution in [0.1, 0.15) is 24.5 Å². The Morgan fingerprint density at radius 2 is 2.21 bits per heavy atom. The van der Waals surface area contributed by atoms with Gasteiger partial charge in [0.05, 0.1) is 6.61 Å². The van der Waals surface area contributed by atoms with Crippen LogP contribution < -0.4 is 5.32 Å². The summed E-state index contributed by atoms with van der Waals surface area (Å²) in [5, 5.41) is 7.76. The zero-order valence-electron chi connectivity index (χ0n) is 9.01. The largest absolute Gasteiger partial charge is 0.380 e. The van der Waals surface area contributed by atoms with E-state index in [1.54, 1.807) is 11.3 Å². The zero-order chi connectivity index (χ0) is 10.2. The highest BCUT2D eigenvalue weighted by Gasteiger charge is 1.97. The Morgan fingerprint density at radius 3 is 2.86 bits per heavy atom. The third-order valence-electron chi connectivity index (χ3n) is 2.05. The van der Waals surface area contributed by atoms with Crippen LogP contribution in [0.2, 0.25) is 0 Å². The van der Waals surface area contributed by atoms with Crippen LogP contribution in [0, 0.1) is 6.92 Å². The summed E-state index contributed by atoms with van der Waals surface area (Å²) in [5.74, 6) is 0. The van der Waals surface area contributed by atoms with Gasteiger partial charge in [0, 0.05) is 19.7 Å². The lowest BCUT2D eigenvalue weighted by molar-refractivity contribution is 0.136. The molecule has 0 atom stereocenters. The van der Waals surface area contributed by atoms with E-state index in [2.05, 4.69) is 29.9 Å². The lowest BCUT2D eigenvalue weighted by Crippen LogP contribution is -2.19. The summed E-state index contributed by atoms with van der Waals surface area (Å²) in [6, 6.07) is 0. The first-order chi connectivity index (χ1) is 6.84. The van der Waals surface area contributed by atoms with Gasteiger partial charge < -0.3 is 10.1 Å². The van der Waals surface area contributed by atoms with Crippen molar-refractivity contribution >= 4 is 11.3 Å². The number of aryl methyl sites for hydroxylation is 1. The molecule has 0 radical (unpaired) electrons. The molecule has 0 saturated heterocycles. The van der Waals surface area contributed by atoms with E-state index in [1.165, 1.54) is 11.1 Å². The van der Waals surface area contributed by atoms with E-state index in [-0.39, 0.29) is 0 Å². The van der Waals surface area contributed by atoms with Crippen molar-refractivity contribution in [3.8, 4) is 0 Å². The molecule has 0 aromatic carbocycles. The Bertz CT molecular complexity index is 247. The maximum absolute atomic E-state index is 5.37. The lowest BCUT2D eigenvalue weighted by atomic mass is 10.2. The van der Waals surface area contributed by atoms with Crippen LogP contribution in [0.3, 0.4) is 0 Å². The van der Waals surface area contributed by atoms with Gasteiger partial charge in [0.25, 0.3) is 0 Å². The average molecular weight is 213 g/mol. The van der Waals surface area contributed by atoms with Crippen molar-refractivity contribution < 1.29 is 4.74 Å². The molecule has 14 heavy (non-hydrogen) atoms. The molecule has 0 unspecified atom stereocenters. The summed E-state index contributed by atoms with van der Waals surface area (Å²) >= 11 is 1.77. The topological polar surface area (TPSA) is 21.3 Å². The molecule has 0 fully saturated rings. The molecule has 0 spiro atoms. The second-order valence-electron chi connectivity index (χ2n) is 3.37. The molecular formula is C11H19NOS. The van der Waals surface area contributed by atoms with Gasteiger partial charge in [-0.15, -0.1) is 0 Å². The van der Waals surface area contributed by atoms with Crippen LogP contribution in [-0.2, 0) is 11.3 Å². The molecule has 1 N–H and O–H groups in total. The van der Waals surface area contributed by atoms with E-state index in [9.17, 15) is 0 Å². The van der Waals surface area contributed by atoms with Gasteiger partial charge in [-0.05, 0) is 35.2 Å². The minimum absolute atomic E-state index is 0.816. The molecule has 0 bridgehead atoms. The number of hydrogen-bond acceptors (Lipinski definition) is 3. The van der Waals surface area contributed by atoms with E-state index < -0.39 is 0 Å². The maximum atomic E-state index is 5.37. The Labute approximate surface area is 90.3 Å². The summed E-state index contributed by atoms with van der Waals surface area (Å²) in [6.07, 6.45) is 1.10. The second kappa shape index (κ2) is 6.98. The molecule has 80 valence electrons. The van der Waals surface area contributed by atoms with Crippen molar-refractivity contribution in [1.82, 2.24) is 5.32 Å². The van der Waals surface area contributed by atoms with E-state index in [0.717, 1.165) is 32.7 Å². The van der Waals surface area contributed by atoms with Gasteiger partial charge in [-0.25, -0.2) is 0 Å². The first kappa shape index (κ1) is 11.7. The number of thiophene rings is 1. The third-order valence-corrected chi connectivity index (χ3v) is 2.96. The van der Waals surface area contributed by atoms with Gasteiger partial charge in [0.15, 0.2) is 0 Å². The van der Waals surface area contributed by atoms with Crippen molar-refractivity contribution in [2.24, 2.45) is 0 Å². The van der Waals surface area contributed by atoms with Gasteiger partial charge >= 0.3 is 0 Å². The molecular weight excluding hydrogens is 194 g/mol. The van der Waals surface area contributed by atoms with Gasteiger partial charge in [0.1, 0.15) is 0 Å². The summed E-state index contributed by atoms with van der Waals surface area (Å²) < 4.78 is 5.37. The number of hydrogen-bond donors (Lipinski definition) is 1. The van der Waals surface area contributed by atoms with E-state index in [1.807, 2.05) is 0 Å². The Kier molecular flexibility index (Phi) is 5.83. The van der Waals surface area contributed by atoms with Crippen molar-refractivity contribution in [3.05, 3.63) is 21.9 Å². The van der Waals surface area contributed by atoms with Crippen molar-refractivity contribution in [2.45, 2.75) is 26.8 Å². The summed E-state index contributed by atoms with van der Waals surface area (Å²) in [7, 11) is 0. The van der Waals surface area contributed by atoms with Crippen molar-refractivity contribution in [2.75, 3.05) is 19.8 Å². The number of nitrogens with one attached hydrogen (secondary N) is 1. The minimum atomic E-state index is 0.816. The van der Waals surface area contributed by atoms with E-state index in [4.69, 9.17) is 4.74 Å². The molecule has 1 aromatic rings. The van der Waals surface area contributed by atoms with Crippen LogP contribution in [-0.4, -0.2) is 19.8 Å². The number of ether oxygens (including phenoxy) is 1. The van der Waals surface area contributed by atoms with Gasteiger partial charge in [-0.3, -0.25) is 0 Å². The van der Waals surface area contributed by atoms with Crippen LogP contribution in [0.15, 0.2) is 10.8 Å². The number of rotatable bonds is 7. The standard InChI is InChI=1S/C11H19NOS/c1-3-5-13-6-4-12-7-11-9-14-8-10(11)2/h8-9,12H,3-7H2,1-2H3. The molecule has 0 aliphatic rings. The highest BCUT2D eigenvalue weighted by atomic mass is 32.1. The fourth-order valence-electron chi connectivity index (χ4n) is 1.18. The molecule has 3 heteroatoms. The first-order valence-corrected chi connectivity index (χ1v) is 6.09. The SMILES string of the molecule is CCCOCCNCc1cscc1C. The minimum Gasteiger partial charge on any atom is -0.380 e. The van der Waals surface area contributed by atoms with Gasteiger partial charge in [-0.1, -0.05) is 6.92 Å². The monoisotopic (exact) mass is 213 g/mol.